The van der Waals surface area contributed by atoms with Crippen LogP contribution in [0.1, 0.15) is 65.2 Å². The molecule has 0 saturated heterocycles. The van der Waals surface area contributed by atoms with E-state index < -0.39 is 0 Å². The zero-order valence-corrected chi connectivity index (χ0v) is 24.9. The van der Waals surface area contributed by atoms with Crippen molar-refractivity contribution in [2.24, 2.45) is 0 Å². The molecule has 0 aliphatic heterocycles. The molecule has 0 unspecified atom stereocenters. The van der Waals surface area contributed by atoms with Gasteiger partial charge in [-0.05, 0) is 91.7 Å². The van der Waals surface area contributed by atoms with Gasteiger partial charge in [-0.15, -0.1) is 0 Å². The summed E-state index contributed by atoms with van der Waals surface area (Å²) in [4.78, 5) is 2.42. The van der Waals surface area contributed by atoms with Gasteiger partial charge in [0, 0.05) is 16.8 Å². The first-order valence-corrected chi connectivity index (χ1v) is 14.3. The van der Waals surface area contributed by atoms with Crippen molar-refractivity contribution in [1.82, 2.24) is 0 Å². The van der Waals surface area contributed by atoms with Crippen molar-refractivity contribution in [3.05, 3.63) is 120 Å². The van der Waals surface area contributed by atoms with E-state index in [9.17, 15) is 0 Å². The fraction of sp³-hybridized carbons (Fsp3) is 0.231. The van der Waals surface area contributed by atoms with Gasteiger partial charge in [0.05, 0.1) is 5.69 Å². The van der Waals surface area contributed by atoms with Crippen molar-refractivity contribution >= 4 is 55.0 Å². The van der Waals surface area contributed by atoms with Gasteiger partial charge < -0.3 is 4.90 Å². The van der Waals surface area contributed by atoms with E-state index in [0.717, 1.165) is 16.9 Å². The van der Waals surface area contributed by atoms with Gasteiger partial charge in [0.15, 0.2) is 0 Å². The standard InChI is InChI=1S/C39H39N/c1-25(2)32-21-9-26-11-23-34-35(24-12-27-10-22-33(32)36(26)37(27)34)40(30-17-13-28(14-18-30)38(3,4)5)31-19-15-29(16-20-31)39(6,7)8/h9-24H,1H2,2-8H3. The Morgan fingerprint density at radius 1 is 0.525 bits per heavy atom. The van der Waals surface area contributed by atoms with Crippen molar-refractivity contribution in [3.63, 3.8) is 0 Å². The maximum atomic E-state index is 4.27. The van der Waals surface area contributed by atoms with Crippen LogP contribution in [-0.2, 0) is 10.8 Å². The summed E-state index contributed by atoms with van der Waals surface area (Å²) in [6.45, 7) is 20.0. The number of anilines is 3. The number of hydrogen-bond acceptors (Lipinski definition) is 1. The van der Waals surface area contributed by atoms with Gasteiger partial charge >= 0.3 is 0 Å². The maximum absolute atomic E-state index is 4.27. The van der Waals surface area contributed by atoms with Crippen LogP contribution >= 0.6 is 0 Å². The molecule has 0 saturated carbocycles. The summed E-state index contributed by atoms with van der Waals surface area (Å²) in [7, 11) is 0. The predicted molar refractivity (Wildman–Crippen MR) is 177 cm³/mol. The minimum atomic E-state index is 0.103. The summed E-state index contributed by atoms with van der Waals surface area (Å²) < 4.78 is 0. The van der Waals surface area contributed by atoms with Crippen LogP contribution in [0.15, 0.2) is 104 Å². The van der Waals surface area contributed by atoms with Crippen LogP contribution < -0.4 is 4.90 Å². The molecule has 0 aliphatic rings. The molecule has 200 valence electrons. The number of benzene rings is 6. The molecule has 0 radical (unpaired) electrons. The lowest BCUT2D eigenvalue weighted by Crippen LogP contribution is -2.14. The van der Waals surface area contributed by atoms with E-state index in [1.54, 1.807) is 0 Å². The van der Waals surface area contributed by atoms with Gasteiger partial charge in [-0.1, -0.05) is 120 Å². The molecule has 0 aliphatic carbocycles. The molecule has 40 heavy (non-hydrogen) atoms. The van der Waals surface area contributed by atoms with Crippen LogP contribution in [0.5, 0.6) is 0 Å². The summed E-state index contributed by atoms with van der Waals surface area (Å²) >= 11 is 0. The Bertz CT molecular complexity index is 1800. The second-order valence-corrected chi connectivity index (χ2v) is 13.3. The van der Waals surface area contributed by atoms with Crippen LogP contribution in [0.3, 0.4) is 0 Å². The molecule has 0 N–H and O–H groups in total. The van der Waals surface area contributed by atoms with Crippen LogP contribution in [-0.4, -0.2) is 0 Å². The van der Waals surface area contributed by atoms with Gasteiger partial charge in [-0.25, -0.2) is 0 Å². The van der Waals surface area contributed by atoms with Crippen molar-refractivity contribution in [3.8, 4) is 0 Å². The molecular weight excluding hydrogens is 482 g/mol. The van der Waals surface area contributed by atoms with Gasteiger partial charge in [0.1, 0.15) is 0 Å². The minimum absolute atomic E-state index is 0.103. The van der Waals surface area contributed by atoms with Crippen LogP contribution in [0.4, 0.5) is 17.1 Å². The number of nitrogens with zero attached hydrogens (tertiary/aromatic N) is 1. The van der Waals surface area contributed by atoms with Gasteiger partial charge in [-0.3, -0.25) is 0 Å². The van der Waals surface area contributed by atoms with Crippen LogP contribution in [0, 0.1) is 0 Å². The summed E-state index contributed by atoms with van der Waals surface area (Å²) in [5, 5.41) is 7.71. The molecule has 6 aromatic carbocycles. The Kier molecular flexibility index (Phi) is 6.04. The molecule has 0 atom stereocenters. The lowest BCUT2D eigenvalue weighted by Gasteiger charge is -2.29. The normalized spacial score (nSPS) is 12.5. The third-order valence-corrected chi connectivity index (χ3v) is 8.33. The molecule has 6 aromatic rings. The second kappa shape index (κ2) is 9.24. The Labute approximate surface area is 239 Å². The summed E-state index contributed by atoms with van der Waals surface area (Å²) in [6.07, 6.45) is 0. The maximum Gasteiger partial charge on any atom is 0.0540 e. The Morgan fingerprint density at radius 3 is 1.43 bits per heavy atom. The SMILES string of the molecule is C=C(C)c1ccc2ccc3c(N(c4ccc(C(C)(C)C)cc4)c4ccc(C(C)(C)C)cc4)ccc4ccc1c2c43. The average Bonchev–Trinajstić information content (AvgIpc) is 2.92. The summed E-state index contributed by atoms with van der Waals surface area (Å²) in [5.41, 5.74) is 8.71. The smallest absolute Gasteiger partial charge is 0.0540 e. The average molecular weight is 522 g/mol. The highest BCUT2D eigenvalue weighted by Gasteiger charge is 2.21. The Morgan fingerprint density at radius 2 is 0.950 bits per heavy atom. The first-order valence-electron chi connectivity index (χ1n) is 14.3. The first-order chi connectivity index (χ1) is 18.9. The largest absolute Gasteiger partial charge is 0.310 e. The van der Waals surface area contributed by atoms with Gasteiger partial charge in [-0.2, -0.15) is 0 Å². The van der Waals surface area contributed by atoms with E-state index in [-0.39, 0.29) is 10.8 Å². The van der Waals surface area contributed by atoms with E-state index in [1.807, 2.05) is 0 Å². The Hall–Kier alpha value is -4.10. The quantitative estimate of drug-likeness (QED) is 0.209. The van der Waals surface area contributed by atoms with Crippen molar-refractivity contribution < 1.29 is 0 Å². The fourth-order valence-corrected chi connectivity index (χ4v) is 6.00. The van der Waals surface area contributed by atoms with E-state index in [1.165, 1.54) is 54.7 Å². The van der Waals surface area contributed by atoms with Crippen molar-refractivity contribution in [2.45, 2.75) is 59.3 Å². The molecule has 1 nitrogen and oxygen atoms in total. The molecule has 0 amide bonds. The zero-order chi connectivity index (χ0) is 28.4. The highest BCUT2D eigenvalue weighted by molar-refractivity contribution is 6.27. The molecule has 1 heteroatoms. The van der Waals surface area contributed by atoms with E-state index >= 15 is 0 Å². The summed E-state index contributed by atoms with van der Waals surface area (Å²) in [5.74, 6) is 0. The number of allylic oxidation sites excluding steroid dienone is 1. The molecule has 0 aromatic heterocycles. The first kappa shape index (κ1) is 26.1. The Balaban J connectivity index is 1.63. The molecule has 0 bridgehead atoms. The minimum Gasteiger partial charge on any atom is -0.310 e. The van der Waals surface area contributed by atoms with E-state index in [4.69, 9.17) is 0 Å². The summed E-state index contributed by atoms with van der Waals surface area (Å²) in [6, 6.07) is 36.3. The lowest BCUT2D eigenvalue weighted by molar-refractivity contribution is 0.590. The van der Waals surface area contributed by atoms with E-state index in [2.05, 4.69) is 157 Å². The molecule has 0 heterocycles. The van der Waals surface area contributed by atoms with Crippen molar-refractivity contribution in [1.29, 1.82) is 0 Å². The second-order valence-electron chi connectivity index (χ2n) is 13.3. The van der Waals surface area contributed by atoms with Crippen LogP contribution in [0.25, 0.3) is 37.9 Å². The molecule has 0 fully saturated rings. The third kappa shape index (κ3) is 4.34. The topological polar surface area (TPSA) is 3.24 Å². The molecule has 0 spiro atoms. The van der Waals surface area contributed by atoms with Crippen LogP contribution in [0.2, 0.25) is 0 Å². The highest BCUT2D eigenvalue weighted by atomic mass is 15.1. The van der Waals surface area contributed by atoms with E-state index in [0.29, 0.717) is 0 Å². The fourth-order valence-electron chi connectivity index (χ4n) is 6.00. The van der Waals surface area contributed by atoms with Gasteiger partial charge in [0.25, 0.3) is 0 Å². The van der Waals surface area contributed by atoms with Crippen molar-refractivity contribution in [2.75, 3.05) is 4.90 Å². The van der Waals surface area contributed by atoms with Gasteiger partial charge in [0.2, 0.25) is 0 Å². The molecule has 6 rings (SSSR count). The predicted octanol–water partition coefficient (Wildman–Crippen LogP) is 11.7. The third-order valence-electron chi connectivity index (χ3n) is 8.33. The zero-order valence-electron chi connectivity index (χ0n) is 24.9. The lowest BCUT2D eigenvalue weighted by atomic mass is 9.86. The monoisotopic (exact) mass is 521 g/mol. The molecular formula is C39H39N. The number of hydrogen-bond donors (Lipinski definition) is 0. The number of rotatable bonds is 4. The highest BCUT2D eigenvalue weighted by Crippen LogP contribution is 2.45.